The van der Waals surface area contributed by atoms with Gasteiger partial charge in [-0.1, -0.05) is 0 Å². The Balaban J connectivity index is 1.51. The van der Waals surface area contributed by atoms with Crippen molar-refractivity contribution >= 4 is 23.1 Å². The second-order valence-electron chi connectivity index (χ2n) is 9.27. The molecule has 38 heavy (non-hydrogen) atoms. The van der Waals surface area contributed by atoms with Gasteiger partial charge in [-0.2, -0.15) is 0 Å². The Labute approximate surface area is 215 Å². The molecule has 8 nitrogen and oxygen atoms in total. The molecule has 4 aromatic rings. The van der Waals surface area contributed by atoms with E-state index in [0.717, 1.165) is 18.2 Å². The van der Waals surface area contributed by atoms with Crippen LogP contribution in [0.1, 0.15) is 18.4 Å². The van der Waals surface area contributed by atoms with Crippen molar-refractivity contribution in [1.82, 2.24) is 19.4 Å². The maximum absolute atomic E-state index is 13.9. The Morgan fingerprint density at radius 1 is 0.947 bits per heavy atom. The summed E-state index contributed by atoms with van der Waals surface area (Å²) >= 11 is 0. The molecule has 2 aromatic carbocycles. The Bertz CT molecular complexity index is 1530. The number of aromatic nitrogens is 3. The first kappa shape index (κ1) is 25.2. The van der Waals surface area contributed by atoms with Crippen molar-refractivity contribution in [3.8, 4) is 11.3 Å². The third-order valence-electron chi connectivity index (χ3n) is 6.64. The molecule has 0 atom stereocenters. The van der Waals surface area contributed by atoms with Crippen molar-refractivity contribution < 1.29 is 23.1 Å². The lowest BCUT2D eigenvalue weighted by atomic mass is 9.97. The molecular weight excluding hydrogens is 499 g/mol. The molecule has 1 amide bonds. The molecule has 1 aliphatic heterocycles. The van der Waals surface area contributed by atoms with Crippen LogP contribution in [0.2, 0.25) is 0 Å². The fourth-order valence-corrected chi connectivity index (χ4v) is 4.62. The SMILES string of the molecule is O=C(O)N1CCC(CNc2nc3ccc(-c4ccc(F)cc4)nc3n(Cc3cc(F)cc(F)c3)c2=O)CC1. The Hall–Kier alpha value is -4.41. The molecule has 11 heteroatoms. The number of anilines is 1. The molecule has 0 aliphatic carbocycles. The molecule has 3 heterocycles. The molecule has 1 aliphatic rings. The molecule has 2 N–H and O–H groups in total. The van der Waals surface area contributed by atoms with E-state index in [1.165, 1.54) is 21.6 Å². The number of benzene rings is 2. The molecule has 1 fully saturated rings. The van der Waals surface area contributed by atoms with Gasteiger partial charge in [0.25, 0.3) is 5.56 Å². The second kappa shape index (κ2) is 10.5. The van der Waals surface area contributed by atoms with Crippen molar-refractivity contribution in [3.05, 3.63) is 88.0 Å². The number of likely N-dealkylation sites (tertiary alicyclic amines) is 1. The number of fused-ring (bicyclic) bond motifs is 1. The van der Waals surface area contributed by atoms with E-state index in [2.05, 4.69) is 15.3 Å². The highest BCUT2D eigenvalue weighted by Crippen LogP contribution is 2.22. The highest BCUT2D eigenvalue weighted by Gasteiger charge is 2.23. The van der Waals surface area contributed by atoms with Gasteiger partial charge in [-0.3, -0.25) is 9.36 Å². The van der Waals surface area contributed by atoms with Crippen LogP contribution in [0.25, 0.3) is 22.4 Å². The van der Waals surface area contributed by atoms with Gasteiger partial charge in [-0.05, 0) is 72.9 Å². The average Bonchev–Trinajstić information content (AvgIpc) is 2.89. The number of carboxylic acid groups (broad SMARTS) is 1. The Morgan fingerprint density at radius 3 is 2.29 bits per heavy atom. The summed E-state index contributed by atoms with van der Waals surface area (Å²) in [6.45, 7) is 1.09. The number of carbonyl (C=O) groups is 1. The third kappa shape index (κ3) is 5.46. The summed E-state index contributed by atoms with van der Waals surface area (Å²) in [7, 11) is 0. The first-order valence-corrected chi connectivity index (χ1v) is 12.1. The van der Waals surface area contributed by atoms with Crippen LogP contribution in [0.5, 0.6) is 0 Å². The molecule has 0 spiro atoms. The summed E-state index contributed by atoms with van der Waals surface area (Å²) < 4.78 is 42.5. The van der Waals surface area contributed by atoms with Gasteiger partial charge in [0.2, 0.25) is 0 Å². The zero-order chi connectivity index (χ0) is 26.8. The zero-order valence-electron chi connectivity index (χ0n) is 20.2. The smallest absolute Gasteiger partial charge is 0.407 e. The fraction of sp³-hybridized carbons (Fsp3) is 0.259. The van der Waals surface area contributed by atoms with Gasteiger partial charge in [0.05, 0.1) is 12.2 Å². The first-order valence-electron chi connectivity index (χ1n) is 12.1. The zero-order valence-corrected chi connectivity index (χ0v) is 20.2. The molecule has 2 aromatic heterocycles. The van der Waals surface area contributed by atoms with E-state index in [1.54, 1.807) is 24.3 Å². The second-order valence-corrected chi connectivity index (χ2v) is 9.27. The van der Waals surface area contributed by atoms with E-state index >= 15 is 0 Å². The molecule has 0 saturated carbocycles. The van der Waals surface area contributed by atoms with E-state index in [0.29, 0.717) is 49.2 Å². The predicted octanol–water partition coefficient (Wildman–Crippen LogP) is 4.73. The van der Waals surface area contributed by atoms with Gasteiger partial charge < -0.3 is 15.3 Å². The highest BCUT2D eigenvalue weighted by atomic mass is 19.1. The summed E-state index contributed by atoms with van der Waals surface area (Å²) in [5, 5.41) is 12.2. The quantitative estimate of drug-likeness (QED) is 0.379. The van der Waals surface area contributed by atoms with E-state index < -0.39 is 29.1 Å². The number of pyridine rings is 1. The number of rotatable bonds is 6. The maximum atomic E-state index is 13.9. The largest absolute Gasteiger partial charge is 0.465 e. The average molecular weight is 524 g/mol. The van der Waals surface area contributed by atoms with Crippen LogP contribution in [-0.2, 0) is 6.54 Å². The van der Waals surface area contributed by atoms with Crippen molar-refractivity contribution in [1.29, 1.82) is 0 Å². The Morgan fingerprint density at radius 2 is 1.63 bits per heavy atom. The number of hydrogen-bond donors (Lipinski definition) is 2. The van der Waals surface area contributed by atoms with Crippen LogP contribution in [0, 0.1) is 23.4 Å². The van der Waals surface area contributed by atoms with E-state index in [9.17, 15) is 22.8 Å². The number of nitrogens with zero attached hydrogens (tertiary/aromatic N) is 4. The minimum atomic E-state index is -0.947. The van der Waals surface area contributed by atoms with Crippen LogP contribution in [0.4, 0.5) is 23.8 Å². The van der Waals surface area contributed by atoms with E-state index in [4.69, 9.17) is 5.11 Å². The summed E-state index contributed by atoms with van der Waals surface area (Å²) in [4.78, 5) is 35.1. The molecule has 0 radical (unpaired) electrons. The summed E-state index contributed by atoms with van der Waals surface area (Å²) in [6.07, 6.45) is 0.343. The molecular formula is C27H24F3N5O3. The first-order chi connectivity index (χ1) is 18.3. The molecule has 0 bridgehead atoms. The Kier molecular flexibility index (Phi) is 6.99. The van der Waals surface area contributed by atoms with Gasteiger partial charge in [0.1, 0.15) is 23.0 Å². The number of halogens is 3. The lowest BCUT2D eigenvalue weighted by Crippen LogP contribution is -2.39. The van der Waals surface area contributed by atoms with Gasteiger partial charge in [0.15, 0.2) is 11.5 Å². The lowest BCUT2D eigenvalue weighted by molar-refractivity contribution is 0.126. The maximum Gasteiger partial charge on any atom is 0.407 e. The van der Waals surface area contributed by atoms with Gasteiger partial charge >= 0.3 is 6.09 Å². The normalized spacial score (nSPS) is 14.1. The standard InChI is InChI=1S/C27H24F3N5O3/c28-19-3-1-18(2-4-19)22-5-6-23-25(33-22)35(15-17-11-20(29)13-21(30)12-17)26(36)24(32-23)31-14-16-7-9-34(10-8-16)27(37)38/h1-6,11-13,16H,7-10,14-15H2,(H,31,32)(H,37,38). The van der Waals surface area contributed by atoms with Crippen LogP contribution >= 0.6 is 0 Å². The van der Waals surface area contributed by atoms with Crippen molar-refractivity contribution in [3.63, 3.8) is 0 Å². The number of nitrogens with one attached hydrogen (secondary N) is 1. The van der Waals surface area contributed by atoms with Crippen LogP contribution in [0.15, 0.2) is 59.4 Å². The monoisotopic (exact) mass is 523 g/mol. The van der Waals surface area contributed by atoms with Gasteiger partial charge in [-0.15, -0.1) is 0 Å². The van der Waals surface area contributed by atoms with Crippen molar-refractivity contribution in [2.45, 2.75) is 19.4 Å². The molecule has 1 saturated heterocycles. The highest BCUT2D eigenvalue weighted by molar-refractivity contribution is 5.76. The van der Waals surface area contributed by atoms with Crippen molar-refractivity contribution in [2.75, 3.05) is 25.0 Å². The summed E-state index contributed by atoms with van der Waals surface area (Å²) in [5.41, 5.74) is 1.41. The van der Waals surface area contributed by atoms with Gasteiger partial charge in [0, 0.05) is 31.3 Å². The minimum Gasteiger partial charge on any atom is -0.465 e. The summed E-state index contributed by atoms with van der Waals surface area (Å²) in [6, 6.07) is 12.2. The molecule has 5 rings (SSSR count). The van der Waals surface area contributed by atoms with Crippen LogP contribution in [0.3, 0.4) is 0 Å². The van der Waals surface area contributed by atoms with Gasteiger partial charge in [-0.25, -0.2) is 27.9 Å². The predicted molar refractivity (Wildman–Crippen MR) is 135 cm³/mol. The molecule has 196 valence electrons. The number of piperidine rings is 1. The van der Waals surface area contributed by atoms with E-state index in [1.807, 2.05) is 0 Å². The lowest BCUT2D eigenvalue weighted by Gasteiger charge is -2.30. The van der Waals surface area contributed by atoms with E-state index in [-0.39, 0.29) is 29.5 Å². The van der Waals surface area contributed by atoms with Crippen LogP contribution < -0.4 is 10.9 Å². The number of hydrogen-bond acceptors (Lipinski definition) is 5. The number of amides is 1. The minimum absolute atomic E-state index is 0.0615. The van der Waals surface area contributed by atoms with Crippen molar-refractivity contribution in [2.24, 2.45) is 5.92 Å². The summed E-state index contributed by atoms with van der Waals surface area (Å²) in [5.74, 6) is -1.72. The fourth-order valence-electron chi connectivity index (χ4n) is 4.62. The van der Waals surface area contributed by atoms with Crippen LogP contribution in [-0.4, -0.2) is 50.3 Å². The third-order valence-corrected chi connectivity index (χ3v) is 6.64. The topological polar surface area (TPSA) is 100 Å². The molecule has 0 unspecified atom stereocenters.